The Morgan fingerprint density at radius 1 is 0.875 bits per heavy atom. The molecule has 24 heavy (non-hydrogen) atoms. The maximum absolute atomic E-state index is 5.91. The van der Waals surface area contributed by atoms with Crippen molar-refractivity contribution >= 4 is 54.9 Å². The van der Waals surface area contributed by atoms with Crippen molar-refractivity contribution in [2.24, 2.45) is 0 Å². The van der Waals surface area contributed by atoms with Gasteiger partial charge in [-0.2, -0.15) is 0 Å². The SMILES string of the molecule is CCOB(OCC)c1cc2ccccc2c2c1sc1ccccc12. The Bertz CT molecular complexity index is 1000. The third kappa shape index (κ3) is 2.51. The molecule has 0 atom stereocenters. The van der Waals surface area contributed by atoms with E-state index >= 15 is 0 Å². The Kier molecular flexibility index (Phi) is 4.27. The first-order valence-electron chi connectivity index (χ1n) is 8.39. The highest BCUT2D eigenvalue weighted by Gasteiger charge is 2.25. The quantitative estimate of drug-likeness (QED) is 0.480. The van der Waals surface area contributed by atoms with Gasteiger partial charge in [0.05, 0.1) is 0 Å². The topological polar surface area (TPSA) is 18.5 Å². The minimum absolute atomic E-state index is 0.319. The van der Waals surface area contributed by atoms with Gasteiger partial charge in [-0.05, 0) is 30.7 Å². The molecule has 0 aliphatic carbocycles. The third-order valence-corrected chi connectivity index (χ3v) is 5.51. The summed E-state index contributed by atoms with van der Waals surface area (Å²) in [4.78, 5) is 0. The molecule has 0 unspecified atom stereocenters. The highest BCUT2D eigenvalue weighted by atomic mass is 32.1. The van der Waals surface area contributed by atoms with E-state index in [1.54, 1.807) is 0 Å². The summed E-state index contributed by atoms with van der Waals surface area (Å²) in [6.07, 6.45) is 0. The molecule has 4 rings (SSSR count). The number of hydrogen-bond acceptors (Lipinski definition) is 3. The zero-order valence-corrected chi connectivity index (χ0v) is 14.7. The van der Waals surface area contributed by atoms with Gasteiger partial charge in [0, 0.05) is 38.8 Å². The van der Waals surface area contributed by atoms with Crippen LogP contribution in [-0.4, -0.2) is 20.3 Å². The minimum Gasteiger partial charge on any atom is -0.408 e. The number of hydrogen-bond donors (Lipinski definition) is 0. The average molecular weight is 334 g/mol. The molecule has 1 heterocycles. The van der Waals surface area contributed by atoms with Crippen LogP contribution in [0.15, 0.2) is 54.6 Å². The van der Waals surface area contributed by atoms with Crippen LogP contribution in [0.4, 0.5) is 0 Å². The second kappa shape index (κ2) is 6.56. The van der Waals surface area contributed by atoms with Crippen molar-refractivity contribution in [3.8, 4) is 0 Å². The van der Waals surface area contributed by atoms with Crippen molar-refractivity contribution in [3.63, 3.8) is 0 Å². The highest BCUT2D eigenvalue weighted by Crippen LogP contribution is 2.37. The molecule has 0 aliphatic heterocycles. The lowest BCUT2D eigenvalue weighted by molar-refractivity contribution is 0.225. The second-order valence-electron chi connectivity index (χ2n) is 5.73. The van der Waals surface area contributed by atoms with Crippen LogP contribution in [0.3, 0.4) is 0 Å². The maximum Gasteiger partial charge on any atom is 0.495 e. The summed E-state index contributed by atoms with van der Waals surface area (Å²) in [6.45, 7) is 5.28. The van der Waals surface area contributed by atoms with Crippen LogP contribution in [0.1, 0.15) is 13.8 Å². The first-order valence-corrected chi connectivity index (χ1v) is 9.21. The largest absolute Gasteiger partial charge is 0.495 e. The Labute approximate surface area is 146 Å². The van der Waals surface area contributed by atoms with Gasteiger partial charge in [-0.25, -0.2) is 0 Å². The Morgan fingerprint density at radius 2 is 1.54 bits per heavy atom. The van der Waals surface area contributed by atoms with E-state index in [2.05, 4.69) is 54.6 Å². The Hall–Kier alpha value is -1.88. The van der Waals surface area contributed by atoms with Crippen LogP contribution in [0.2, 0.25) is 0 Å². The molecule has 0 amide bonds. The van der Waals surface area contributed by atoms with Gasteiger partial charge in [-0.1, -0.05) is 48.5 Å². The summed E-state index contributed by atoms with van der Waals surface area (Å²) in [6, 6.07) is 19.4. The first-order chi connectivity index (χ1) is 11.8. The number of fused-ring (bicyclic) bond motifs is 5. The molecule has 3 aromatic carbocycles. The predicted molar refractivity (Wildman–Crippen MR) is 105 cm³/mol. The Balaban J connectivity index is 2.11. The van der Waals surface area contributed by atoms with Crippen molar-refractivity contribution in [2.75, 3.05) is 13.2 Å². The van der Waals surface area contributed by atoms with Crippen LogP contribution in [0, 0.1) is 0 Å². The monoisotopic (exact) mass is 334 g/mol. The molecule has 120 valence electrons. The molecule has 0 radical (unpaired) electrons. The zero-order valence-electron chi connectivity index (χ0n) is 13.9. The summed E-state index contributed by atoms with van der Waals surface area (Å²) in [5.74, 6) is 0. The van der Waals surface area contributed by atoms with Crippen LogP contribution in [0.5, 0.6) is 0 Å². The molecule has 0 aliphatic rings. The summed E-state index contributed by atoms with van der Waals surface area (Å²) < 4.78 is 14.4. The van der Waals surface area contributed by atoms with E-state index < -0.39 is 0 Å². The van der Waals surface area contributed by atoms with Gasteiger partial charge in [0.2, 0.25) is 0 Å². The smallest absolute Gasteiger partial charge is 0.408 e. The molecule has 0 fully saturated rings. The van der Waals surface area contributed by atoms with Crippen molar-refractivity contribution in [3.05, 3.63) is 54.6 Å². The second-order valence-corrected chi connectivity index (χ2v) is 6.78. The molecule has 0 spiro atoms. The predicted octanol–water partition coefficient (Wildman–Crippen LogP) is 4.98. The van der Waals surface area contributed by atoms with Crippen LogP contribution >= 0.6 is 11.3 Å². The molecular formula is C20H19BO2S. The lowest BCUT2D eigenvalue weighted by Gasteiger charge is -2.15. The summed E-state index contributed by atoms with van der Waals surface area (Å²) in [5.41, 5.74) is 1.13. The van der Waals surface area contributed by atoms with Crippen molar-refractivity contribution in [1.82, 2.24) is 0 Å². The molecule has 0 bridgehead atoms. The van der Waals surface area contributed by atoms with E-state index in [1.165, 1.54) is 30.9 Å². The Morgan fingerprint density at radius 3 is 2.29 bits per heavy atom. The van der Waals surface area contributed by atoms with E-state index in [0.717, 1.165) is 5.46 Å². The molecule has 0 saturated heterocycles. The molecule has 0 saturated carbocycles. The van der Waals surface area contributed by atoms with Gasteiger partial charge >= 0.3 is 7.12 Å². The molecule has 4 aromatic rings. The van der Waals surface area contributed by atoms with E-state index in [4.69, 9.17) is 9.31 Å². The van der Waals surface area contributed by atoms with Crippen molar-refractivity contribution < 1.29 is 9.31 Å². The fourth-order valence-corrected chi connectivity index (χ4v) is 4.55. The van der Waals surface area contributed by atoms with E-state index in [1.807, 2.05) is 25.2 Å². The van der Waals surface area contributed by atoms with Crippen LogP contribution in [-0.2, 0) is 9.31 Å². The van der Waals surface area contributed by atoms with Gasteiger partial charge in [-0.3, -0.25) is 0 Å². The van der Waals surface area contributed by atoms with Crippen molar-refractivity contribution in [2.45, 2.75) is 13.8 Å². The summed E-state index contributed by atoms with van der Waals surface area (Å²) >= 11 is 1.82. The van der Waals surface area contributed by atoms with Gasteiger partial charge < -0.3 is 9.31 Å². The summed E-state index contributed by atoms with van der Waals surface area (Å²) in [5, 5.41) is 5.14. The molecule has 4 heteroatoms. The van der Waals surface area contributed by atoms with Gasteiger partial charge in [0.15, 0.2) is 0 Å². The fourth-order valence-electron chi connectivity index (χ4n) is 3.31. The maximum atomic E-state index is 5.91. The van der Waals surface area contributed by atoms with E-state index in [9.17, 15) is 0 Å². The standard InChI is InChI=1S/C20H19BO2S/c1-3-22-21(23-4-2)17-13-14-9-5-6-10-15(14)19-16-11-7-8-12-18(16)24-20(17)19/h5-13H,3-4H2,1-2H3. The minimum atomic E-state index is -0.319. The van der Waals surface area contributed by atoms with Crippen LogP contribution < -0.4 is 5.46 Å². The lowest BCUT2D eigenvalue weighted by Crippen LogP contribution is -2.37. The number of thiophene rings is 1. The fraction of sp³-hybridized carbons (Fsp3) is 0.200. The van der Waals surface area contributed by atoms with E-state index in [-0.39, 0.29) is 7.12 Å². The zero-order chi connectivity index (χ0) is 16.5. The third-order valence-electron chi connectivity index (χ3n) is 4.29. The summed E-state index contributed by atoms with van der Waals surface area (Å²) in [7, 11) is -0.319. The average Bonchev–Trinajstić information content (AvgIpc) is 3.01. The van der Waals surface area contributed by atoms with Gasteiger partial charge in [0.1, 0.15) is 0 Å². The molecular weight excluding hydrogens is 315 g/mol. The normalized spacial score (nSPS) is 11.6. The van der Waals surface area contributed by atoms with Crippen LogP contribution in [0.25, 0.3) is 30.9 Å². The lowest BCUT2D eigenvalue weighted by atomic mass is 9.77. The van der Waals surface area contributed by atoms with Crippen molar-refractivity contribution in [1.29, 1.82) is 0 Å². The number of rotatable bonds is 5. The molecule has 1 aromatic heterocycles. The van der Waals surface area contributed by atoms with E-state index in [0.29, 0.717) is 13.2 Å². The highest BCUT2D eigenvalue weighted by molar-refractivity contribution is 7.27. The number of benzene rings is 3. The molecule has 2 nitrogen and oxygen atoms in total. The first kappa shape index (κ1) is 15.6. The molecule has 0 N–H and O–H groups in total. The van der Waals surface area contributed by atoms with Gasteiger partial charge in [-0.15, -0.1) is 11.3 Å². The van der Waals surface area contributed by atoms with Gasteiger partial charge in [0.25, 0.3) is 0 Å².